The number of ketones is 1. The van der Waals surface area contributed by atoms with Gasteiger partial charge in [-0.2, -0.15) is 0 Å². The summed E-state index contributed by atoms with van der Waals surface area (Å²) in [4.78, 5) is 25.9. The molecule has 0 heterocycles. The third-order valence-corrected chi connectivity index (χ3v) is 11.4. The predicted molar refractivity (Wildman–Crippen MR) is 133 cm³/mol. The maximum absolute atomic E-state index is 13.1. The Labute approximate surface area is 218 Å². The van der Waals surface area contributed by atoms with Crippen molar-refractivity contribution < 1.29 is 45.0 Å². The number of Topliss-reactive ketones (excluding diaryl/α,β-unsaturated/α-hetero) is 1. The average molecular weight is 525 g/mol. The molecule has 9 heteroatoms. The summed E-state index contributed by atoms with van der Waals surface area (Å²) >= 11 is 0. The molecule has 0 amide bonds. The minimum Gasteiger partial charge on any atom is -0.458 e. The molecule has 0 saturated heterocycles. The number of ether oxygens (including phenoxy) is 1. The summed E-state index contributed by atoms with van der Waals surface area (Å²) in [6.07, 6.45) is -2.41. The molecule has 4 rings (SSSR count). The first-order chi connectivity index (χ1) is 16.8. The Morgan fingerprint density at radius 3 is 2.14 bits per heavy atom. The number of aliphatic hydroxyl groups excluding tert-OH is 2. The van der Waals surface area contributed by atoms with Crippen LogP contribution in [0.4, 0.5) is 0 Å². The van der Waals surface area contributed by atoms with Gasteiger partial charge in [0, 0.05) is 30.3 Å². The molecular weight excluding hydrogens is 480 g/mol. The van der Waals surface area contributed by atoms with Gasteiger partial charge < -0.3 is 35.4 Å². The highest BCUT2D eigenvalue weighted by Crippen LogP contribution is 2.72. The van der Waals surface area contributed by atoms with E-state index in [1.807, 2.05) is 13.8 Å². The van der Waals surface area contributed by atoms with Crippen LogP contribution in [0.1, 0.15) is 86.5 Å². The highest BCUT2D eigenvalue weighted by Gasteiger charge is 2.84. The van der Waals surface area contributed by atoms with Gasteiger partial charge in [0.05, 0.1) is 23.2 Å². The molecule has 0 spiro atoms. The molecule has 4 saturated carbocycles. The maximum Gasteiger partial charge on any atom is 0.330 e. The van der Waals surface area contributed by atoms with Gasteiger partial charge in [-0.25, -0.2) is 4.79 Å². The van der Waals surface area contributed by atoms with E-state index in [9.17, 15) is 40.2 Å². The Kier molecular flexibility index (Phi) is 6.63. The van der Waals surface area contributed by atoms with Gasteiger partial charge in [0.15, 0.2) is 5.78 Å². The number of fused-ring (bicyclic) bond motifs is 5. The van der Waals surface area contributed by atoms with Crippen molar-refractivity contribution in [2.75, 3.05) is 0 Å². The molecule has 210 valence electrons. The Hall–Kier alpha value is -1.36. The number of hydrogen-bond acceptors (Lipinski definition) is 9. The van der Waals surface area contributed by atoms with Gasteiger partial charge in [0.2, 0.25) is 0 Å². The van der Waals surface area contributed by atoms with Crippen LogP contribution >= 0.6 is 0 Å². The highest BCUT2D eigenvalue weighted by atomic mass is 16.5. The van der Waals surface area contributed by atoms with Gasteiger partial charge in [0.25, 0.3) is 0 Å². The third-order valence-electron chi connectivity index (χ3n) is 11.4. The van der Waals surface area contributed by atoms with Crippen LogP contribution in [0, 0.1) is 22.7 Å². The number of rotatable bonds is 4. The van der Waals surface area contributed by atoms with Crippen LogP contribution in [-0.4, -0.2) is 83.1 Å². The van der Waals surface area contributed by atoms with Crippen molar-refractivity contribution in [3.8, 4) is 0 Å². The molecule has 0 aromatic carbocycles. The van der Waals surface area contributed by atoms with E-state index in [0.29, 0.717) is 6.42 Å². The van der Waals surface area contributed by atoms with E-state index in [2.05, 4.69) is 0 Å². The maximum atomic E-state index is 13.1. The number of carbonyl (C=O) groups is 2. The summed E-state index contributed by atoms with van der Waals surface area (Å²) in [5, 5.41) is 69.8. The molecule has 0 aromatic rings. The first-order valence-electron chi connectivity index (χ1n) is 13.5. The summed E-state index contributed by atoms with van der Waals surface area (Å²) < 4.78 is 5.95. The van der Waals surface area contributed by atoms with Crippen molar-refractivity contribution in [3.63, 3.8) is 0 Å². The van der Waals surface area contributed by atoms with Crippen LogP contribution < -0.4 is 0 Å². The average Bonchev–Trinajstić information content (AvgIpc) is 3.02. The Morgan fingerprint density at radius 1 is 0.946 bits per heavy atom. The smallest absolute Gasteiger partial charge is 0.330 e. The van der Waals surface area contributed by atoms with Crippen molar-refractivity contribution >= 4 is 11.8 Å². The van der Waals surface area contributed by atoms with E-state index >= 15 is 0 Å². The molecule has 4 aliphatic rings. The lowest BCUT2D eigenvalue weighted by molar-refractivity contribution is -0.366. The van der Waals surface area contributed by atoms with Crippen molar-refractivity contribution in [2.24, 2.45) is 22.7 Å². The molecule has 0 aliphatic heterocycles. The fraction of sp³-hybridized carbons (Fsp3) is 0.857. The zero-order valence-electron chi connectivity index (χ0n) is 22.8. The van der Waals surface area contributed by atoms with Crippen molar-refractivity contribution in [2.45, 2.75) is 127 Å². The second-order valence-corrected chi connectivity index (χ2v) is 13.1. The van der Waals surface area contributed by atoms with Crippen molar-refractivity contribution in [1.29, 1.82) is 0 Å². The predicted octanol–water partition coefficient (Wildman–Crippen LogP) is 1.15. The summed E-state index contributed by atoms with van der Waals surface area (Å²) in [5.74, 6) is -2.07. The summed E-state index contributed by atoms with van der Waals surface area (Å²) in [5.41, 5.74) is -10.1. The van der Waals surface area contributed by atoms with E-state index < -0.39 is 75.6 Å². The van der Waals surface area contributed by atoms with E-state index in [-0.39, 0.29) is 38.0 Å². The fourth-order valence-electron chi connectivity index (χ4n) is 8.52. The SMILES string of the molecule is CC(=O)[C@]1(O)CC[C@@]2(O)[C@]1(C)[C@H](OC(=O)/C=C(\C)C(C)C)C[C@@H]1[C@@]3(C)CC[C@H](O)C[C@]3(O)[C@H](O)C[C@]12O. The largest absolute Gasteiger partial charge is 0.458 e. The van der Waals surface area contributed by atoms with Gasteiger partial charge in [-0.3, -0.25) is 4.79 Å². The van der Waals surface area contributed by atoms with Gasteiger partial charge in [-0.1, -0.05) is 26.3 Å². The second-order valence-electron chi connectivity index (χ2n) is 13.1. The highest BCUT2D eigenvalue weighted by molar-refractivity contribution is 5.87. The van der Waals surface area contributed by atoms with E-state index in [1.165, 1.54) is 19.9 Å². The molecule has 0 radical (unpaired) electrons. The molecule has 0 unspecified atom stereocenters. The molecule has 0 aromatic heterocycles. The molecule has 10 atom stereocenters. The topological polar surface area (TPSA) is 165 Å². The van der Waals surface area contributed by atoms with Crippen molar-refractivity contribution in [3.05, 3.63) is 11.6 Å². The molecular formula is C28H44O9. The molecule has 37 heavy (non-hydrogen) atoms. The standard InChI is InChI=1S/C28H44O9/c1-15(2)16(3)11-22(32)37-21-12-19-23(5)8-7-18(30)13-27(23,35)20(31)14-26(19,34)28(36)10-9-25(33,17(4)29)24(21,28)6/h11,15,18-21,30-31,33-36H,7-10,12-14H2,1-6H3/b16-11+/t18-,19+,20+,21+,23+,24+,25+,26-,27-,28+/m0/s1. The summed E-state index contributed by atoms with van der Waals surface area (Å²) in [6, 6.07) is 0. The van der Waals surface area contributed by atoms with Gasteiger partial charge in [-0.15, -0.1) is 0 Å². The Morgan fingerprint density at radius 2 is 1.57 bits per heavy atom. The van der Waals surface area contributed by atoms with Gasteiger partial charge in [-0.05, 0) is 58.8 Å². The van der Waals surface area contributed by atoms with E-state index in [1.54, 1.807) is 13.8 Å². The minimum atomic E-state index is -2.12. The first kappa shape index (κ1) is 28.6. The van der Waals surface area contributed by atoms with Crippen LogP contribution in [0.2, 0.25) is 0 Å². The zero-order valence-corrected chi connectivity index (χ0v) is 22.8. The molecule has 0 bridgehead atoms. The normalized spacial score (nSPS) is 51.8. The minimum absolute atomic E-state index is 0.0488. The zero-order chi connectivity index (χ0) is 28.0. The number of hydrogen-bond donors (Lipinski definition) is 6. The van der Waals surface area contributed by atoms with Gasteiger partial charge in [0.1, 0.15) is 22.9 Å². The molecule has 9 nitrogen and oxygen atoms in total. The van der Waals surface area contributed by atoms with Gasteiger partial charge >= 0.3 is 5.97 Å². The van der Waals surface area contributed by atoms with Crippen LogP contribution in [0.15, 0.2) is 11.6 Å². The quantitative estimate of drug-likeness (QED) is 0.234. The second kappa shape index (κ2) is 8.57. The third kappa shape index (κ3) is 3.44. The molecule has 6 N–H and O–H groups in total. The van der Waals surface area contributed by atoms with E-state index in [0.717, 1.165) is 5.57 Å². The summed E-state index contributed by atoms with van der Waals surface area (Å²) in [7, 11) is 0. The number of aliphatic hydroxyl groups is 6. The van der Waals surface area contributed by atoms with E-state index in [4.69, 9.17) is 4.74 Å². The summed E-state index contributed by atoms with van der Waals surface area (Å²) in [6.45, 7) is 10.1. The Balaban J connectivity index is 1.89. The van der Waals surface area contributed by atoms with Crippen LogP contribution in [0.5, 0.6) is 0 Å². The van der Waals surface area contributed by atoms with Crippen LogP contribution in [-0.2, 0) is 14.3 Å². The lowest BCUT2D eigenvalue weighted by Gasteiger charge is -2.71. The lowest BCUT2D eigenvalue weighted by Crippen LogP contribution is -2.83. The fourth-order valence-corrected chi connectivity index (χ4v) is 8.52. The van der Waals surface area contributed by atoms with Crippen molar-refractivity contribution in [1.82, 2.24) is 0 Å². The number of allylic oxidation sites excluding steroid dienone is 1. The monoisotopic (exact) mass is 524 g/mol. The molecule has 4 aliphatic carbocycles. The van der Waals surface area contributed by atoms with Crippen LogP contribution in [0.25, 0.3) is 0 Å². The number of esters is 1. The number of carbonyl (C=O) groups excluding carboxylic acids is 2. The molecule has 4 fully saturated rings. The Bertz CT molecular complexity index is 1010. The first-order valence-corrected chi connectivity index (χ1v) is 13.5. The lowest BCUT2D eigenvalue weighted by atomic mass is 9.38. The van der Waals surface area contributed by atoms with Crippen LogP contribution in [0.3, 0.4) is 0 Å².